The number of ether oxygens (including phenoxy) is 1. The highest BCUT2D eigenvalue weighted by atomic mass is 16.5. The molecular weight excluding hydrogens is 152 g/mol. The van der Waals surface area contributed by atoms with Gasteiger partial charge in [0.2, 0.25) is 0 Å². The maximum atomic E-state index is 9.98. The van der Waals surface area contributed by atoms with Gasteiger partial charge in [0, 0.05) is 7.09 Å². The second kappa shape index (κ2) is 5.20. The summed E-state index contributed by atoms with van der Waals surface area (Å²) in [7, 11) is -0.451. The lowest BCUT2D eigenvalue weighted by atomic mass is 10.1. The second-order valence-corrected chi connectivity index (χ2v) is 2.00. The topological polar surface area (TPSA) is 87.0 Å². The molecule has 0 aromatic rings. The van der Waals surface area contributed by atoms with Gasteiger partial charge in [-0.2, -0.15) is 0 Å². The van der Waals surface area contributed by atoms with Crippen molar-refractivity contribution in [1.29, 1.82) is 0 Å². The maximum Gasteiger partial charge on any atom is 0.151 e. The lowest BCUT2D eigenvalue weighted by molar-refractivity contribution is -0.130. The third-order valence-electron chi connectivity index (χ3n) is 1.26. The van der Waals surface area contributed by atoms with E-state index in [1.165, 1.54) is 0 Å². The summed E-state index contributed by atoms with van der Waals surface area (Å²) in [5, 5.41) is 26.4. The number of hydrogen-bond acceptors (Lipinski definition) is 5. The molecule has 0 aromatic carbocycles. The minimum atomic E-state index is -1.59. The van der Waals surface area contributed by atoms with Crippen molar-refractivity contribution in [3.8, 4) is 0 Å². The molecule has 5 nitrogen and oxygen atoms in total. The van der Waals surface area contributed by atoms with Crippen LogP contribution in [-0.4, -0.2) is 53.6 Å². The van der Waals surface area contributed by atoms with Crippen LogP contribution in [0.5, 0.6) is 0 Å². The molecule has 0 amide bonds. The average Bonchev–Trinajstić information content (AvgIpc) is 2.11. The molecule has 0 heterocycles. The fourth-order valence-corrected chi connectivity index (χ4v) is 0.560. The van der Waals surface area contributed by atoms with E-state index < -0.39 is 32.0 Å². The average molecular weight is 165 g/mol. The van der Waals surface area contributed by atoms with Crippen molar-refractivity contribution in [1.82, 2.24) is 0 Å². The van der Waals surface area contributed by atoms with E-state index in [4.69, 9.17) is 16.7 Å². The predicted molar refractivity (Wildman–Crippen MR) is 36.0 cm³/mol. The molecule has 0 fully saturated rings. The van der Waals surface area contributed by atoms with Crippen molar-refractivity contribution >= 4 is 6.29 Å². The summed E-state index contributed by atoms with van der Waals surface area (Å²) < 4.78 is 11.1. The molecule has 11 heavy (non-hydrogen) atoms. The quantitative estimate of drug-likeness (QED) is 0.407. The van der Waals surface area contributed by atoms with Gasteiger partial charge in [-0.1, -0.05) is 0 Å². The van der Waals surface area contributed by atoms with E-state index in [0.29, 0.717) is 0 Å². The van der Waals surface area contributed by atoms with E-state index in [0.717, 1.165) is 0 Å². The van der Waals surface area contributed by atoms with Crippen LogP contribution in [0.1, 0.15) is 1.37 Å². The first-order valence-corrected chi connectivity index (χ1v) is 3.00. The van der Waals surface area contributed by atoms with Crippen molar-refractivity contribution in [3.05, 3.63) is 0 Å². The highest BCUT2D eigenvalue weighted by molar-refractivity contribution is 5.56. The van der Waals surface area contributed by atoms with Crippen LogP contribution < -0.4 is 0 Å². The molecule has 3 atom stereocenters. The minimum absolute atomic E-state index is 0.140. The zero-order valence-corrected chi connectivity index (χ0v) is 5.88. The van der Waals surface area contributed by atoms with Crippen LogP contribution in [0.25, 0.3) is 0 Å². The third kappa shape index (κ3) is 2.94. The Bertz CT molecular complexity index is 131. The molecular formula is C6H12O5. The van der Waals surface area contributed by atoms with Gasteiger partial charge in [0.05, 0.1) is 7.98 Å². The molecule has 0 spiro atoms. The molecule has 0 bridgehead atoms. The second-order valence-electron chi connectivity index (χ2n) is 2.00. The van der Waals surface area contributed by atoms with Crippen LogP contribution in [-0.2, 0) is 9.53 Å². The number of hydrogen-bond donors (Lipinski definition) is 3. The maximum absolute atomic E-state index is 9.98. The molecule has 0 aliphatic heterocycles. The standard InChI is InChI=1S/C6H12O5/c1-11-5(3-8)6(10)4(9)2-7/h2,4-6,8-10H,3H2,1H3/t4-,5+,6+/m0/s1/i1D. The lowest BCUT2D eigenvalue weighted by Gasteiger charge is -2.20. The summed E-state index contributed by atoms with van der Waals surface area (Å²) in [6.07, 6.45) is -4.03. The third-order valence-corrected chi connectivity index (χ3v) is 1.26. The highest BCUT2D eigenvalue weighted by Gasteiger charge is 2.24. The van der Waals surface area contributed by atoms with Crippen LogP contribution in [0.2, 0.25) is 0 Å². The summed E-state index contributed by atoms with van der Waals surface area (Å²) in [6, 6.07) is 0. The number of carbonyl (C=O) groups is 1. The summed E-state index contributed by atoms with van der Waals surface area (Å²) in [6.45, 7) is -0.551. The first-order valence-electron chi connectivity index (χ1n) is 3.71. The van der Waals surface area contributed by atoms with Crippen LogP contribution in [0.3, 0.4) is 0 Å². The lowest BCUT2D eigenvalue weighted by Crippen LogP contribution is -2.41. The van der Waals surface area contributed by atoms with Crippen molar-refractivity contribution in [2.45, 2.75) is 18.3 Å². The van der Waals surface area contributed by atoms with E-state index >= 15 is 0 Å². The van der Waals surface area contributed by atoms with Gasteiger partial charge < -0.3 is 24.9 Å². The summed E-state index contributed by atoms with van der Waals surface area (Å²) >= 11 is 0. The molecule has 0 saturated heterocycles. The van der Waals surface area contributed by atoms with E-state index in [-0.39, 0.29) is 6.29 Å². The Morgan fingerprint density at radius 1 is 1.73 bits per heavy atom. The van der Waals surface area contributed by atoms with E-state index in [9.17, 15) is 4.79 Å². The fraction of sp³-hybridized carbons (Fsp3) is 0.833. The molecule has 3 N–H and O–H groups in total. The number of aldehydes is 1. The van der Waals surface area contributed by atoms with Crippen LogP contribution in [0.15, 0.2) is 0 Å². The van der Waals surface area contributed by atoms with Gasteiger partial charge >= 0.3 is 0 Å². The molecule has 0 aromatic heterocycles. The van der Waals surface area contributed by atoms with E-state index in [1.807, 2.05) is 0 Å². The molecule has 66 valence electrons. The Labute approximate surface area is 65.6 Å². The fourth-order valence-electron chi connectivity index (χ4n) is 0.560. The smallest absolute Gasteiger partial charge is 0.151 e. The highest BCUT2D eigenvalue weighted by Crippen LogP contribution is 2.00. The van der Waals surface area contributed by atoms with Crippen LogP contribution in [0, 0.1) is 0 Å². The van der Waals surface area contributed by atoms with Crippen LogP contribution >= 0.6 is 0 Å². The first-order chi connectivity index (χ1) is 5.67. The number of aliphatic hydroxyl groups excluding tert-OH is 3. The van der Waals surface area contributed by atoms with E-state index in [2.05, 4.69) is 4.74 Å². The van der Waals surface area contributed by atoms with Crippen LogP contribution in [0.4, 0.5) is 0 Å². The predicted octanol–water partition coefficient (Wildman–Crippen LogP) is -2.09. The van der Waals surface area contributed by atoms with Gasteiger partial charge in [-0.15, -0.1) is 0 Å². The van der Waals surface area contributed by atoms with E-state index in [1.54, 1.807) is 0 Å². The van der Waals surface area contributed by atoms with Crippen molar-refractivity contribution in [2.24, 2.45) is 0 Å². The van der Waals surface area contributed by atoms with Gasteiger partial charge in [-0.05, 0) is 0 Å². The summed E-state index contributed by atoms with van der Waals surface area (Å²) in [5.74, 6) is 0. The zero-order valence-electron chi connectivity index (χ0n) is 6.88. The van der Waals surface area contributed by atoms with Gasteiger partial charge in [0.25, 0.3) is 0 Å². The van der Waals surface area contributed by atoms with Crippen molar-refractivity contribution in [2.75, 3.05) is 13.7 Å². The Kier molecular flexibility index (Phi) is 4.07. The SMILES string of the molecule is [2H]CO[C@H](CO)[C@H](O)[C@@H](O)C=O. The van der Waals surface area contributed by atoms with Gasteiger partial charge in [-0.25, -0.2) is 0 Å². The number of rotatable bonds is 5. The molecule has 0 rings (SSSR count). The normalized spacial score (nSPS) is 20.1. The minimum Gasteiger partial charge on any atom is -0.394 e. The first kappa shape index (κ1) is 8.61. The van der Waals surface area contributed by atoms with Crippen molar-refractivity contribution < 1.29 is 26.2 Å². The summed E-state index contributed by atoms with van der Waals surface area (Å²) in [4.78, 5) is 9.98. The number of carbonyl (C=O) groups excluding carboxylic acids is 1. The molecule has 0 unspecified atom stereocenters. The number of aliphatic hydroxyl groups is 3. The number of methoxy groups -OCH3 is 1. The summed E-state index contributed by atoms with van der Waals surface area (Å²) in [5.41, 5.74) is 0. The van der Waals surface area contributed by atoms with Gasteiger partial charge in [-0.3, -0.25) is 0 Å². The zero-order chi connectivity index (χ0) is 9.56. The largest absolute Gasteiger partial charge is 0.394 e. The Morgan fingerprint density at radius 2 is 2.36 bits per heavy atom. The molecule has 0 radical (unpaired) electrons. The van der Waals surface area contributed by atoms with Gasteiger partial charge in [0.15, 0.2) is 6.29 Å². The monoisotopic (exact) mass is 165 g/mol. The Hall–Kier alpha value is -0.490. The molecule has 5 heteroatoms. The van der Waals surface area contributed by atoms with Gasteiger partial charge in [0.1, 0.15) is 18.3 Å². The molecule has 0 aliphatic rings. The Balaban J connectivity index is 4.00. The van der Waals surface area contributed by atoms with Crippen molar-refractivity contribution in [3.63, 3.8) is 0 Å². The molecule has 0 saturated carbocycles. The molecule has 0 aliphatic carbocycles. The Morgan fingerprint density at radius 3 is 2.73 bits per heavy atom.